The number of nitrogens with zero attached hydrogens (tertiary/aromatic N) is 2. The van der Waals surface area contributed by atoms with E-state index in [0.717, 1.165) is 29.6 Å². The van der Waals surface area contributed by atoms with E-state index in [1.807, 2.05) is 24.3 Å². The summed E-state index contributed by atoms with van der Waals surface area (Å²) >= 11 is 0. The van der Waals surface area contributed by atoms with Crippen LogP contribution in [0.15, 0.2) is 41.0 Å². The Balaban J connectivity index is 1.81. The minimum atomic E-state index is 0.691. The first-order valence-electron chi connectivity index (χ1n) is 5.76. The summed E-state index contributed by atoms with van der Waals surface area (Å²) in [5.74, 6) is 0.691. The third-order valence-corrected chi connectivity index (χ3v) is 2.88. The molecule has 0 radical (unpaired) electrons. The van der Waals surface area contributed by atoms with Gasteiger partial charge in [0.15, 0.2) is 0 Å². The van der Waals surface area contributed by atoms with Crippen LogP contribution in [-0.4, -0.2) is 15.7 Å². The topological polar surface area (TPSA) is 53.1 Å². The average molecular weight is 226 g/mol. The van der Waals surface area contributed by atoms with Gasteiger partial charge in [0.2, 0.25) is 5.95 Å². The highest BCUT2D eigenvalue weighted by Gasteiger charge is 2.06. The molecule has 1 aliphatic carbocycles. The zero-order valence-corrected chi connectivity index (χ0v) is 9.70. The predicted octanol–water partition coefficient (Wildman–Crippen LogP) is 3.07. The molecule has 1 heterocycles. The zero-order chi connectivity index (χ0) is 11.7. The van der Waals surface area contributed by atoms with Gasteiger partial charge in [-0.15, -0.1) is 0 Å². The molecule has 4 nitrogen and oxygen atoms in total. The van der Waals surface area contributed by atoms with Gasteiger partial charge in [-0.25, -0.2) is 10.4 Å². The van der Waals surface area contributed by atoms with Crippen molar-refractivity contribution in [1.29, 1.82) is 0 Å². The van der Waals surface area contributed by atoms with E-state index in [2.05, 4.69) is 33.5 Å². The SMILES string of the molecule is CC1=C/C(=N\Nc2nc3ccccc3[nH]2)CC1. The minimum absolute atomic E-state index is 0.691. The summed E-state index contributed by atoms with van der Waals surface area (Å²) in [6, 6.07) is 7.94. The molecular formula is C13H14N4. The van der Waals surface area contributed by atoms with Gasteiger partial charge in [0.1, 0.15) is 0 Å². The number of anilines is 1. The third kappa shape index (κ3) is 2.06. The van der Waals surface area contributed by atoms with Crippen LogP contribution in [-0.2, 0) is 0 Å². The van der Waals surface area contributed by atoms with Crippen molar-refractivity contribution in [2.24, 2.45) is 5.10 Å². The molecule has 0 atom stereocenters. The van der Waals surface area contributed by atoms with Crippen molar-refractivity contribution in [3.63, 3.8) is 0 Å². The van der Waals surface area contributed by atoms with Gasteiger partial charge >= 0.3 is 0 Å². The first kappa shape index (κ1) is 10.1. The molecule has 1 aromatic carbocycles. The lowest BCUT2D eigenvalue weighted by Crippen LogP contribution is -1.96. The fourth-order valence-corrected chi connectivity index (χ4v) is 1.97. The van der Waals surface area contributed by atoms with Gasteiger partial charge in [-0.2, -0.15) is 5.10 Å². The molecule has 0 spiro atoms. The van der Waals surface area contributed by atoms with Crippen LogP contribution in [0.2, 0.25) is 0 Å². The number of hydrogen-bond acceptors (Lipinski definition) is 3. The van der Waals surface area contributed by atoms with Crippen LogP contribution in [0.4, 0.5) is 5.95 Å². The maximum atomic E-state index is 4.40. The van der Waals surface area contributed by atoms with E-state index < -0.39 is 0 Å². The maximum Gasteiger partial charge on any atom is 0.222 e. The number of rotatable bonds is 2. The first-order chi connectivity index (χ1) is 8.31. The number of aromatic nitrogens is 2. The first-order valence-corrected chi connectivity index (χ1v) is 5.76. The summed E-state index contributed by atoms with van der Waals surface area (Å²) < 4.78 is 0. The largest absolute Gasteiger partial charge is 0.323 e. The van der Waals surface area contributed by atoms with Crippen LogP contribution in [0.1, 0.15) is 19.8 Å². The maximum absolute atomic E-state index is 4.40. The number of hydrazone groups is 1. The molecule has 3 rings (SSSR count). The Morgan fingerprint density at radius 1 is 1.29 bits per heavy atom. The summed E-state index contributed by atoms with van der Waals surface area (Å²) in [6.07, 6.45) is 4.25. The second-order valence-electron chi connectivity index (χ2n) is 4.31. The molecule has 86 valence electrons. The molecular weight excluding hydrogens is 212 g/mol. The van der Waals surface area contributed by atoms with E-state index in [1.165, 1.54) is 5.57 Å². The summed E-state index contributed by atoms with van der Waals surface area (Å²) in [5.41, 5.74) is 7.42. The van der Waals surface area contributed by atoms with Crippen LogP contribution >= 0.6 is 0 Å². The highest BCUT2D eigenvalue weighted by atomic mass is 15.4. The van der Waals surface area contributed by atoms with Gasteiger partial charge < -0.3 is 4.98 Å². The summed E-state index contributed by atoms with van der Waals surface area (Å²) in [5, 5.41) is 4.34. The molecule has 2 aromatic rings. The van der Waals surface area contributed by atoms with Crippen molar-refractivity contribution in [2.45, 2.75) is 19.8 Å². The molecule has 0 saturated heterocycles. The van der Waals surface area contributed by atoms with Crippen LogP contribution < -0.4 is 5.43 Å². The Bertz CT molecular complexity index is 574. The lowest BCUT2D eigenvalue weighted by atomic mass is 10.3. The number of hydrogen-bond donors (Lipinski definition) is 2. The molecule has 0 fully saturated rings. The fraction of sp³-hybridized carbons (Fsp3) is 0.231. The molecule has 17 heavy (non-hydrogen) atoms. The molecule has 4 heteroatoms. The van der Waals surface area contributed by atoms with Gasteiger partial charge in [0.05, 0.1) is 16.7 Å². The van der Waals surface area contributed by atoms with Crippen molar-refractivity contribution in [3.8, 4) is 0 Å². The Labute approximate surface area is 99.5 Å². The normalized spacial score (nSPS) is 17.7. The van der Waals surface area contributed by atoms with Crippen molar-refractivity contribution in [2.75, 3.05) is 5.43 Å². The van der Waals surface area contributed by atoms with E-state index in [0.29, 0.717) is 5.95 Å². The van der Waals surface area contributed by atoms with E-state index in [-0.39, 0.29) is 0 Å². The summed E-state index contributed by atoms with van der Waals surface area (Å²) in [6.45, 7) is 2.13. The van der Waals surface area contributed by atoms with Gasteiger partial charge in [-0.1, -0.05) is 17.7 Å². The molecule has 1 aliphatic rings. The second-order valence-corrected chi connectivity index (χ2v) is 4.31. The van der Waals surface area contributed by atoms with E-state index >= 15 is 0 Å². The molecule has 1 aromatic heterocycles. The van der Waals surface area contributed by atoms with Crippen LogP contribution in [0.25, 0.3) is 11.0 Å². The van der Waals surface area contributed by atoms with Crippen molar-refractivity contribution in [3.05, 3.63) is 35.9 Å². The number of allylic oxidation sites excluding steroid dienone is 2. The zero-order valence-electron chi connectivity index (χ0n) is 9.70. The van der Waals surface area contributed by atoms with Crippen molar-refractivity contribution >= 4 is 22.7 Å². The molecule has 0 aliphatic heterocycles. The number of para-hydroxylation sites is 2. The smallest absolute Gasteiger partial charge is 0.222 e. The Morgan fingerprint density at radius 2 is 2.18 bits per heavy atom. The summed E-state index contributed by atoms with van der Waals surface area (Å²) in [4.78, 5) is 7.58. The van der Waals surface area contributed by atoms with E-state index in [9.17, 15) is 0 Å². The number of nitrogens with one attached hydrogen (secondary N) is 2. The van der Waals surface area contributed by atoms with E-state index in [1.54, 1.807) is 0 Å². The van der Waals surface area contributed by atoms with Gasteiger partial charge in [-0.3, -0.25) is 0 Å². The Morgan fingerprint density at radius 3 is 2.94 bits per heavy atom. The highest BCUT2D eigenvalue weighted by Crippen LogP contribution is 2.16. The quantitative estimate of drug-likeness (QED) is 0.773. The molecule has 2 N–H and O–H groups in total. The standard InChI is InChI=1S/C13H14N4/c1-9-6-7-10(8-9)16-17-13-14-11-4-2-3-5-12(11)15-13/h2-5,8H,6-7H2,1H3,(H2,14,15,17)/b16-10-. The number of H-pyrrole nitrogens is 1. The molecule has 0 bridgehead atoms. The van der Waals surface area contributed by atoms with Crippen LogP contribution in [0, 0.1) is 0 Å². The Hall–Kier alpha value is -2.10. The summed E-state index contributed by atoms with van der Waals surface area (Å²) in [7, 11) is 0. The van der Waals surface area contributed by atoms with Gasteiger partial charge in [0, 0.05) is 0 Å². The van der Waals surface area contributed by atoms with Gasteiger partial charge in [0.25, 0.3) is 0 Å². The average Bonchev–Trinajstić information content (AvgIpc) is 2.91. The number of imidazole rings is 1. The molecule has 0 amide bonds. The third-order valence-electron chi connectivity index (χ3n) is 2.88. The Kier molecular flexibility index (Phi) is 2.40. The van der Waals surface area contributed by atoms with E-state index in [4.69, 9.17) is 0 Å². The number of fused-ring (bicyclic) bond motifs is 1. The van der Waals surface area contributed by atoms with Crippen molar-refractivity contribution < 1.29 is 0 Å². The molecule has 0 saturated carbocycles. The fourth-order valence-electron chi connectivity index (χ4n) is 1.97. The number of aromatic amines is 1. The minimum Gasteiger partial charge on any atom is -0.323 e. The monoisotopic (exact) mass is 226 g/mol. The van der Waals surface area contributed by atoms with Crippen molar-refractivity contribution in [1.82, 2.24) is 9.97 Å². The second kappa shape index (κ2) is 4.05. The number of benzene rings is 1. The van der Waals surface area contributed by atoms with Crippen LogP contribution in [0.3, 0.4) is 0 Å². The lowest BCUT2D eigenvalue weighted by Gasteiger charge is -1.95. The lowest BCUT2D eigenvalue weighted by molar-refractivity contribution is 1.05. The van der Waals surface area contributed by atoms with Gasteiger partial charge in [-0.05, 0) is 38.0 Å². The molecule has 0 unspecified atom stereocenters. The predicted molar refractivity (Wildman–Crippen MR) is 70.1 cm³/mol. The van der Waals surface area contributed by atoms with Crippen LogP contribution in [0.5, 0.6) is 0 Å². The highest BCUT2D eigenvalue weighted by molar-refractivity contribution is 5.98.